The van der Waals surface area contributed by atoms with Gasteiger partial charge in [-0.25, -0.2) is 0 Å². The molecule has 0 bridgehead atoms. The summed E-state index contributed by atoms with van der Waals surface area (Å²) in [4.78, 5) is 24.5. The Labute approximate surface area is 112 Å². The van der Waals surface area contributed by atoms with Crippen LogP contribution in [-0.4, -0.2) is 48.1 Å². The summed E-state index contributed by atoms with van der Waals surface area (Å²) >= 11 is 0. The van der Waals surface area contributed by atoms with Crippen LogP contribution >= 0.6 is 0 Å². The lowest BCUT2D eigenvalue weighted by atomic mass is 10.1. The molecule has 0 aliphatic carbocycles. The highest BCUT2D eigenvalue weighted by Crippen LogP contribution is 2.07. The second-order valence-corrected chi connectivity index (χ2v) is 4.81. The highest BCUT2D eigenvalue weighted by atomic mass is 16.4. The van der Waals surface area contributed by atoms with Crippen LogP contribution in [0.25, 0.3) is 0 Å². The fraction of sp³-hybridized carbons (Fsp3) is 0.429. The Morgan fingerprint density at radius 2 is 2.11 bits per heavy atom. The van der Waals surface area contributed by atoms with Gasteiger partial charge in [-0.3, -0.25) is 14.5 Å². The summed E-state index contributed by atoms with van der Waals surface area (Å²) in [6.07, 6.45) is 0.820. The van der Waals surface area contributed by atoms with E-state index in [9.17, 15) is 9.59 Å². The summed E-state index contributed by atoms with van der Waals surface area (Å²) in [5, 5.41) is 11.7. The van der Waals surface area contributed by atoms with E-state index in [4.69, 9.17) is 5.11 Å². The number of aliphatic carboxylic acids is 1. The Kier molecular flexibility index (Phi) is 4.52. The monoisotopic (exact) mass is 262 g/mol. The molecule has 19 heavy (non-hydrogen) atoms. The van der Waals surface area contributed by atoms with Gasteiger partial charge in [0.2, 0.25) is 5.91 Å². The zero-order chi connectivity index (χ0) is 13.7. The largest absolute Gasteiger partial charge is 0.481 e. The van der Waals surface area contributed by atoms with Crippen molar-refractivity contribution in [1.29, 1.82) is 0 Å². The molecule has 1 heterocycles. The van der Waals surface area contributed by atoms with Gasteiger partial charge in [0, 0.05) is 19.6 Å². The minimum Gasteiger partial charge on any atom is -0.481 e. The molecule has 2 N–H and O–H groups in total. The second-order valence-electron chi connectivity index (χ2n) is 4.81. The van der Waals surface area contributed by atoms with Crippen molar-refractivity contribution in [2.24, 2.45) is 5.92 Å². The minimum atomic E-state index is -0.855. The molecule has 1 unspecified atom stereocenters. The van der Waals surface area contributed by atoms with Crippen molar-refractivity contribution < 1.29 is 14.7 Å². The Morgan fingerprint density at radius 1 is 1.37 bits per heavy atom. The number of rotatable bonds is 4. The smallest absolute Gasteiger partial charge is 0.309 e. The SMILES string of the molecule is O=C1CN(CCc2ccccc2)CC(C(=O)O)CN1. The van der Waals surface area contributed by atoms with Crippen LogP contribution in [0.1, 0.15) is 5.56 Å². The molecule has 1 aliphatic rings. The van der Waals surface area contributed by atoms with Crippen LogP contribution < -0.4 is 5.32 Å². The van der Waals surface area contributed by atoms with Crippen LogP contribution in [0.2, 0.25) is 0 Å². The molecule has 1 aliphatic heterocycles. The van der Waals surface area contributed by atoms with Gasteiger partial charge in [-0.05, 0) is 12.0 Å². The van der Waals surface area contributed by atoms with Crippen molar-refractivity contribution in [1.82, 2.24) is 10.2 Å². The number of nitrogens with zero attached hydrogens (tertiary/aromatic N) is 1. The second kappa shape index (κ2) is 6.33. The van der Waals surface area contributed by atoms with E-state index in [1.807, 2.05) is 35.2 Å². The number of benzene rings is 1. The maximum Gasteiger partial charge on any atom is 0.309 e. The predicted molar refractivity (Wildman–Crippen MR) is 70.7 cm³/mol. The standard InChI is InChI=1S/C14H18N2O3/c17-13-10-16(9-12(8-15-13)14(18)19)7-6-11-4-2-1-3-5-11/h1-5,12H,6-10H2,(H,15,17)(H,18,19). The summed E-state index contributed by atoms with van der Waals surface area (Å²) in [7, 11) is 0. The van der Waals surface area contributed by atoms with Crippen molar-refractivity contribution in [3.05, 3.63) is 35.9 Å². The van der Waals surface area contributed by atoms with Crippen LogP contribution in [0, 0.1) is 5.92 Å². The van der Waals surface area contributed by atoms with Gasteiger partial charge in [0.15, 0.2) is 0 Å². The summed E-state index contributed by atoms with van der Waals surface area (Å²) in [6, 6.07) is 9.98. The topological polar surface area (TPSA) is 69.6 Å². The van der Waals surface area contributed by atoms with Crippen LogP contribution in [0.5, 0.6) is 0 Å². The molecule has 5 heteroatoms. The lowest BCUT2D eigenvalue weighted by Crippen LogP contribution is -2.35. The summed E-state index contributed by atoms with van der Waals surface area (Å²) in [5.41, 5.74) is 1.19. The van der Waals surface area contributed by atoms with Crippen molar-refractivity contribution in [3.8, 4) is 0 Å². The van der Waals surface area contributed by atoms with E-state index < -0.39 is 11.9 Å². The molecule has 0 saturated carbocycles. The third-order valence-electron chi connectivity index (χ3n) is 3.30. The average Bonchev–Trinajstić information content (AvgIpc) is 2.59. The first kappa shape index (κ1) is 13.5. The van der Waals surface area contributed by atoms with Gasteiger partial charge >= 0.3 is 5.97 Å². The fourth-order valence-electron chi connectivity index (χ4n) is 2.20. The van der Waals surface area contributed by atoms with Gasteiger partial charge in [-0.1, -0.05) is 30.3 Å². The first-order valence-corrected chi connectivity index (χ1v) is 6.41. The number of carbonyl (C=O) groups excluding carboxylic acids is 1. The van der Waals surface area contributed by atoms with Crippen molar-refractivity contribution in [2.75, 3.05) is 26.2 Å². The Hall–Kier alpha value is -1.88. The van der Waals surface area contributed by atoms with Crippen LogP contribution in [0.15, 0.2) is 30.3 Å². The first-order valence-electron chi connectivity index (χ1n) is 6.41. The highest BCUT2D eigenvalue weighted by Gasteiger charge is 2.26. The molecular formula is C14H18N2O3. The zero-order valence-electron chi connectivity index (χ0n) is 10.7. The number of carbonyl (C=O) groups is 2. The lowest BCUT2D eigenvalue weighted by molar-refractivity contribution is -0.141. The number of hydrogen-bond acceptors (Lipinski definition) is 3. The first-order chi connectivity index (χ1) is 9.15. The minimum absolute atomic E-state index is 0.100. The van der Waals surface area contributed by atoms with Crippen molar-refractivity contribution >= 4 is 11.9 Å². The Morgan fingerprint density at radius 3 is 2.79 bits per heavy atom. The van der Waals surface area contributed by atoms with Crippen molar-refractivity contribution in [2.45, 2.75) is 6.42 Å². The van der Waals surface area contributed by atoms with Crippen LogP contribution in [0.4, 0.5) is 0 Å². The van der Waals surface area contributed by atoms with Gasteiger partial charge in [-0.15, -0.1) is 0 Å². The maximum absolute atomic E-state index is 11.5. The summed E-state index contributed by atoms with van der Waals surface area (Å²) < 4.78 is 0. The van der Waals surface area contributed by atoms with Crippen LogP contribution in [0.3, 0.4) is 0 Å². The fourth-order valence-corrected chi connectivity index (χ4v) is 2.20. The number of nitrogens with one attached hydrogen (secondary N) is 1. The van der Waals surface area contributed by atoms with E-state index in [-0.39, 0.29) is 19.0 Å². The lowest BCUT2D eigenvalue weighted by Gasteiger charge is -2.20. The van der Waals surface area contributed by atoms with Crippen molar-refractivity contribution in [3.63, 3.8) is 0 Å². The maximum atomic E-state index is 11.5. The predicted octanol–water partition coefficient (Wildman–Crippen LogP) is 0.362. The van der Waals surface area contributed by atoms with E-state index in [0.717, 1.165) is 6.42 Å². The molecule has 1 aromatic carbocycles. The molecule has 2 rings (SSSR count). The van der Waals surface area contributed by atoms with Gasteiger partial charge in [0.25, 0.3) is 0 Å². The summed E-state index contributed by atoms with van der Waals surface area (Å²) in [5.74, 6) is -1.48. The molecule has 1 fully saturated rings. The molecule has 0 radical (unpaired) electrons. The van der Waals surface area contributed by atoms with Gasteiger partial charge in [0.05, 0.1) is 12.5 Å². The molecule has 1 amide bonds. The third-order valence-corrected chi connectivity index (χ3v) is 3.30. The number of amides is 1. The highest BCUT2D eigenvalue weighted by molar-refractivity contribution is 5.80. The molecule has 0 spiro atoms. The molecule has 1 aromatic rings. The third kappa shape index (κ3) is 4.06. The van der Waals surface area contributed by atoms with Gasteiger partial charge < -0.3 is 10.4 Å². The molecule has 1 saturated heterocycles. The van der Waals surface area contributed by atoms with Gasteiger partial charge in [0.1, 0.15) is 0 Å². The Bertz CT molecular complexity index is 447. The van der Waals surface area contributed by atoms with E-state index in [1.54, 1.807) is 0 Å². The molecule has 1 atom stereocenters. The molecule has 102 valence electrons. The van der Waals surface area contributed by atoms with E-state index >= 15 is 0 Å². The molecule has 0 aromatic heterocycles. The quantitative estimate of drug-likeness (QED) is 0.822. The van der Waals surface area contributed by atoms with Gasteiger partial charge in [-0.2, -0.15) is 0 Å². The molecule has 5 nitrogen and oxygen atoms in total. The zero-order valence-corrected chi connectivity index (χ0v) is 10.7. The van der Waals surface area contributed by atoms with E-state index in [1.165, 1.54) is 5.56 Å². The average molecular weight is 262 g/mol. The summed E-state index contributed by atoms with van der Waals surface area (Å²) in [6.45, 7) is 1.61. The van der Waals surface area contributed by atoms with E-state index in [2.05, 4.69) is 5.32 Å². The Balaban J connectivity index is 1.93. The number of carboxylic acid groups (broad SMARTS) is 1. The normalized spacial score (nSPS) is 20.6. The molecular weight excluding hydrogens is 244 g/mol. The van der Waals surface area contributed by atoms with Crippen LogP contribution in [-0.2, 0) is 16.0 Å². The van der Waals surface area contributed by atoms with E-state index in [0.29, 0.717) is 13.1 Å². The number of hydrogen-bond donors (Lipinski definition) is 2. The number of carboxylic acids is 1.